The summed E-state index contributed by atoms with van der Waals surface area (Å²) in [5.74, 6) is -0.392. The van der Waals surface area contributed by atoms with Gasteiger partial charge in [-0.3, -0.25) is 14.6 Å². The Balaban J connectivity index is 1.74. The minimum Gasteiger partial charge on any atom is -0.315 e. The molecule has 0 radical (unpaired) electrons. The summed E-state index contributed by atoms with van der Waals surface area (Å²) >= 11 is 0. The fourth-order valence-electron chi connectivity index (χ4n) is 2.69. The minimum atomic E-state index is -0.321. The summed E-state index contributed by atoms with van der Waals surface area (Å²) in [4.78, 5) is 32.1. The van der Waals surface area contributed by atoms with Crippen LogP contribution < -0.4 is 9.80 Å². The van der Waals surface area contributed by atoms with Crippen molar-refractivity contribution in [1.29, 1.82) is 0 Å². The average molecular weight is 295 g/mol. The van der Waals surface area contributed by atoms with Gasteiger partial charge < -0.3 is 9.80 Å². The summed E-state index contributed by atoms with van der Waals surface area (Å²) in [6.45, 7) is 0.403. The van der Waals surface area contributed by atoms with Gasteiger partial charge in [0.2, 0.25) is 11.8 Å². The van der Waals surface area contributed by atoms with Crippen LogP contribution in [0.25, 0.3) is 0 Å². The molecular weight excluding hydrogens is 278 g/mol. The van der Waals surface area contributed by atoms with Crippen LogP contribution in [-0.2, 0) is 9.59 Å². The number of hydrogen-bond donors (Lipinski definition) is 0. The molecule has 2 aromatic rings. The second kappa shape index (κ2) is 5.97. The van der Waals surface area contributed by atoms with Gasteiger partial charge >= 0.3 is 0 Å². The predicted octanol–water partition coefficient (Wildman–Crippen LogP) is 2.10. The van der Waals surface area contributed by atoms with Crippen LogP contribution in [0, 0.1) is 5.92 Å². The van der Waals surface area contributed by atoms with Gasteiger partial charge in [-0.2, -0.15) is 0 Å². The summed E-state index contributed by atoms with van der Waals surface area (Å²) in [6, 6.07) is 13.1. The Hall–Kier alpha value is -2.69. The third-order valence-corrected chi connectivity index (χ3v) is 3.91. The van der Waals surface area contributed by atoms with E-state index in [4.69, 9.17) is 0 Å². The molecule has 1 unspecified atom stereocenters. The normalized spacial score (nSPS) is 17.6. The fourth-order valence-corrected chi connectivity index (χ4v) is 2.69. The molecule has 0 aliphatic carbocycles. The van der Waals surface area contributed by atoms with Crippen molar-refractivity contribution in [3.05, 3.63) is 54.9 Å². The molecule has 2 amide bonds. The number of anilines is 2. The summed E-state index contributed by atoms with van der Waals surface area (Å²) in [5, 5.41) is 0. The molecule has 1 aliphatic rings. The maximum atomic E-state index is 12.6. The lowest BCUT2D eigenvalue weighted by molar-refractivity contribution is -0.124. The van der Waals surface area contributed by atoms with E-state index in [0.29, 0.717) is 6.54 Å². The lowest BCUT2D eigenvalue weighted by Gasteiger charge is -2.21. The van der Waals surface area contributed by atoms with E-state index in [1.165, 1.54) is 0 Å². The van der Waals surface area contributed by atoms with Crippen molar-refractivity contribution in [3.63, 3.8) is 0 Å². The lowest BCUT2D eigenvalue weighted by Crippen LogP contribution is -2.34. The molecule has 1 saturated heterocycles. The molecule has 3 rings (SSSR count). The lowest BCUT2D eigenvalue weighted by atomic mass is 10.1. The van der Waals surface area contributed by atoms with Gasteiger partial charge in [-0.15, -0.1) is 0 Å². The maximum Gasteiger partial charge on any atom is 0.232 e. The number of pyridine rings is 1. The largest absolute Gasteiger partial charge is 0.315 e. The molecule has 1 aromatic carbocycles. The molecule has 1 atom stereocenters. The monoisotopic (exact) mass is 295 g/mol. The van der Waals surface area contributed by atoms with Crippen molar-refractivity contribution >= 4 is 23.2 Å². The van der Waals surface area contributed by atoms with Crippen molar-refractivity contribution in [1.82, 2.24) is 4.98 Å². The first kappa shape index (κ1) is 14.3. The molecule has 0 spiro atoms. The van der Waals surface area contributed by atoms with Gasteiger partial charge in [0.25, 0.3) is 0 Å². The Morgan fingerprint density at radius 3 is 2.68 bits per heavy atom. The molecule has 22 heavy (non-hydrogen) atoms. The topological polar surface area (TPSA) is 53.5 Å². The number of rotatable bonds is 3. The molecule has 5 nitrogen and oxygen atoms in total. The molecule has 2 heterocycles. The van der Waals surface area contributed by atoms with Gasteiger partial charge in [-0.05, 0) is 24.3 Å². The van der Waals surface area contributed by atoms with E-state index in [-0.39, 0.29) is 24.2 Å². The standard InChI is InChI=1S/C17H17N3O2/c1-19(14-6-3-2-4-7-14)17(22)13-10-16(21)20(12-13)15-8-5-9-18-11-15/h2-9,11,13H,10,12H2,1H3. The number of amides is 2. The number of hydrogen-bond acceptors (Lipinski definition) is 3. The second-order valence-corrected chi connectivity index (χ2v) is 5.35. The number of benzene rings is 1. The van der Waals surface area contributed by atoms with Crippen LogP contribution in [0.4, 0.5) is 11.4 Å². The highest BCUT2D eigenvalue weighted by molar-refractivity contribution is 6.04. The van der Waals surface area contributed by atoms with Crippen LogP contribution in [0.5, 0.6) is 0 Å². The van der Waals surface area contributed by atoms with Crippen molar-refractivity contribution in [2.24, 2.45) is 5.92 Å². The van der Waals surface area contributed by atoms with Crippen LogP contribution in [0.2, 0.25) is 0 Å². The van der Waals surface area contributed by atoms with Gasteiger partial charge in [0.05, 0.1) is 17.8 Å². The minimum absolute atomic E-state index is 0.0344. The van der Waals surface area contributed by atoms with Crippen molar-refractivity contribution in [2.75, 3.05) is 23.4 Å². The summed E-state index contributed by atoms with van der Waals surface area (Å²) in [5.41, 5.74) is 1.57. The van der Waals surface area contributed by atoms with Crippen molar-refractivity contribution < 1.29 is 9.59 Å². The Kier molecular flexibility index (Phi) is 3.87. The highest BCUT2D eigenvalue weighted by atomic mass is 16.2. The van der Waals surface area contributed by atoms with Gasteiger partial charge in [0.15, 0.2) is 0 Å². The van der Waals surface area contributed by atoms with E-state index in [9.17, 15) is 9.59 Å². The molecule has 0 bridgehead atoms. The first-order chi connectivity index (χ1) is 10.7. The van der Waals surface area contributed by atoms with Crippen LogP contribution in [0.3, 0.4) is 0 Å². The van der Waals surface area contributed by atoms with E-state index in [1.807, 2.05) is 36.4 Å². The Morgan fingerprint density at radius 1 is 1.23 bits per heavy atom. The second-order valence-electron chi connectivity index (χ2n) is 5.35. The first-order valence-electron chi connectivity index (χ1n) is 7.20. The first-order valence-corrected chi connectivity index (χ1v) is 7.20. The number of carbonyl (C=O) groups excluding carboxylic acids is 2. The SMILES string of the molecule is CN(C(=O)C1CC(=O)N(c2cccnc2)C1)c1ccccc1. The molecule has 0 N–H and O–H groups in total. The van der Waals surface area contributed by atoms with Gasteiger partial charge in [0.1, 0.15) is 0 Å². The Labute approximate surface area is 129 Å². The number of para-hydroxylation sites is 1. The van der Waals surface area contributed by atoms with Gasteiger partial charge in [0, 0.05) is 31.9 Å². The highest BCUT2D eigenvalue weighted by Gasteiger charge is 2.36. The van der Waals surface area contributed by atoms with E-state index in [0.717, 1.165) is 11.4 Å². The summed E-state index contributed by atoms with van der Waals surface area (Å²) in [6.07, 6.45) is 3.55. The summed E-state index contributed by atoms with van der Waals surface area (Å²) in [7, 11) is 1.74. The molecule has 5 heteroatoms. The molecule has 1 fully saturated rings. The van der Waals surface area contributed by atoms with Crippen LogP contribution in [0.1, 0.15) is 6.42 Å². The van der Waals surface area contributed by atoms with Crippen LogP contribution >= 0.6 is 0 Å². The third kappa shape index (κ3) is 2.70. The van der Waals surface area contributed by atoms with Crippen molar-refractivity contribution in [2.45, 2.75) is 6.42 Å². The Morgan fingerprint density at radius 2 is 2.00 bits per heavy atom. The zero-order chi connectivity index (χ0) is 15.5. The van der Waals surface area contributed by atoms with Crippen LogP contribution in [0.15, 0.2) is 54.9 Å². The molecule has 0 saturated carbocycles. The van der Waals surface area contributed by atoms with Crippen molar-refractivity contribution in [3.8, 4) is 0 Å². The van der Waals surface area contributed by atoms with Crippen LogP contribution in [-0.4, -0.2) is 30.4 Å². The fraction of sp³-hybridized carbons (Fsp3) is 0.235. The summed E-state index contributed by atoms with van der Waals surface area (Å²) < 4.78 is 0. The average Bonchev–Trinajstić information content (AvgIpc) is 2.97. The molecule has 1 aromatic heterocycles. The van der Waals surface area contributed by atoms with E-state index in [1.54, 1.807) is 35.3 Å². The smallest absolute Gasteiger partial charge is 0.232 e. The zero-order valence-electron chi connectivity index (χ0n) is 12.3. The Bertz CT molecular complexity index is 673. The number of nitrogens with zero attached hydrogens (tertiary/aromatic N) is 3. The van der Waals surface area contributed by atoms with Gasteiger partial charge in [-0.1, -0.05) is 18.2 Å². The molecular formula is C17H17N3O2. The quantitative estimate of drug-likeness (QED) is 0.871. The third-order valence-electron chi connectivity index (χ3n) is 3.91. The van der Waals surface area contributed by atoms with E-state index >= 15 is 0 Å². The zero-order valence-corrected chi connectivity index (χ0v) is 12.3. The molecule has 1 aliphatic heterocycles. The number of aromatic nitrogens is 1. The highest BCUT2D eigenvalue weighted by Crippen LogP contribution is 2.26. The van der Waals surface area contributed by atoms with Gasteiger partial charge in [-0.25, -0.2) is 0 Å². The maximum absolute atomic E-state index is 12.6. The predicted molar refractivity (Wildman–Crippen MR) is 84.5 cm³/mol. The van der Waals surface area contributed by atoms with E-state index in [2.05, 4.69) is 4.98 Å². The molecule has 112 valence electrons. The number of carbonyl (C=O) groups is 2. The van der Waals surface area contributed by atoms with E-state index < -0.39 is 0 Å².